The van der Waals surface area contributed by atoms with E-state index in [1.807, 2.05) is 6.07 Å². The lowest BCUT2D eigenvalue weighted by atomic mass is 9.68. The molecule has 2 saturated carbocycles. The first kappa shape index (κ1) is 29.1. The Kier molecular flexibility index (Phi) is 6.73. The van der Waals surface area contributed by atoms with Crippen LogP contribution in [0, 0.1) is 29.6 Å². The van der Waals surface area contributed by atoms with E-state index in [1.54, 1.807) is 23.9 Å². The molecule has 15 heteroatoms. The number of hydrogen-bond donors (Lipinski definition) is 4. The maximum Gasteiger partial charge on any atom is 0.305 e. The van der Waals surface area contributed by atoms with Crippen LogP contribution in [0.3, 0.4) is 0 Å². The molecule has 44 heavy (non-hydrogen) atoms. The number of carbonyl (C=O) groups excluding carboxylic acids is 3. The number of imide groups is 1. The van der Waals surface area contributed by atoms with Gasteiger partial charge in [0, 0.05) is 21.7 Å². The summed E-state index contributed by atoms with van der Waals surface area (Å²) in [6, 6.07) is 9.33. The summed E-state index contributed by atoms with van der Waals surface area (Å²) in [6.45, 7) is 1.50. The molecule has 3 aromatic rings. The number of nitrogens with two attached hydrogens (primary N) is 1. The monoisotopic (exact) mass is 656 g/mol. The number of amides is 3. The minimum atomic E-state index is -3.90. The lowest BCUT2D eigenvalue weighted by molar-refractivity contribution is -0.146. The first-order chi connectivity index (χ1) is 20.9. The summed E-state index contributed by atoms with van der Waals surface area (Å²) in [5, 5.41) is 18.8. The topological polar surface area (TPSA) is 189 Å². The van der Waals surface area contributed by atoms with Crippen LogP contribution in [0.25, 0.3) is 0 Å². The molecule has 0 radical (unpaired) electrons. The quantitative estimate of drug-likeness (QED) is 0.289. The second kappa shape index (κ2) is 10.2. The van der Waals surface area contributed by atoms with Crippen LogP contribution < -0.4 is 20.1 Å². The zero-order chi connectivity index (χ0) is 31.2. The number of methoxy groups -OCH3 is 1. The fourth-order valence-electron chi connectivity index (χ4n) is 7.77. The highest BCUT2D eigenvalue weighted by Gasteiger charge is 2.70. The summed E-state index contributed by atoms with van der Waals surface area (Å²) >= 11 is 2.69. The number of anilines is 1. The molecule has 12 nitrogen and oxygen atoms in total. The van der Waals surface area contributed by atoms with Gasteiger partial charge in [0.05, 0.1) is 28.9 Å². The minimum absolute atomic E-state index is 0.00620. The molecular weight excluding hydrogens is 629 g/mol. The first-order valence-corrected chi connectivity index (χ1v) is 17.2. The van der Waals surface area contributed by atoms with Gasteiger partial charge in [-0.05, 0) is 73.1 Å². The Morgan fingerprint density at radius 1 is 1.11 bits per heavy atom. The number of hydrogen-bond acceptors (Lipinski definition) is 10. The van der Waals surface area contributed by atoms with Crippen molar-refractivity contribution < 1.29 is 32.6 Å². The van der Waals surface area contributed by atoms with E-state index in [2.05, 4.69) is 10.3 Å². The van der Waals surface area contributed by atoms with E-state index in [0.717, 1.165) is 31.7 Å². The summed E-state index contributed by atoms with van der Waals surface area (Å²) in [5.41, 5.74) is 1.15. The number of nitrogens with one attached hydrogen (secondary N) is 2. The summed E-state index contributed by atoms with van der Waals surface area (Å²) in [5.74, 6) is -2.76. The van der Waals surface area contributed by atoms with E-state index in [4.69, 9.17) is 9.88 Å². The van der Waals surface area contributed by atoms with Crippen LogP contribution in [0.15, 0.2) is 57.2 Å². The molecule has 2 bridgehead atoms. The molecule has 3 heterocycles. The number of carbonyl (C=O) groups is 3. The number of ether oxygens (including phenoxy) is 1. The lowest BCUT2D eigenvalue weighted by Crippen LogP contribution is -2.46. The van der Waals surface area contributed by atoms with Crippen molar-refractivity contribution >= 4 is 56.5 Å². The normalized spacial score (nSPS) is 29.2. The Bertz CT molecular complexity index is 1890. The standard InChI is InChI=1S/C29H28N4O8S3/c1-11(25(35)31-13-4-6-14(7-5-13)44(30,39)40)33-27(36)21-15-10-16(22(21)28(33)37)23-20(15)19(24-26(42-23)32-29(38)43-24)12-3-8-17(34)18(9-12)41-2/h3-9,11,15-16,19-23,34H,10H2,1-2H3,(H,31,35)(H,32,38)(H2,30,39,40). The van der Waals surface area contributed by atoms with Crippen molar-refractivity contribution in [3.05, 3.63) is 62.6 Å². The van der Waals surface area contributed by atoms with Gasteiger partial charge >= 0.3 is 4.87 Å². The van der Waals surface area contributed by atoms with Crippen LogP contribution in [0.2, 0.25) is 0 Å². The minimum Gasteiger partial charge on any atom is -0.504 e. The molecule has 2 aromatic carbocycles. The van der Waals surface area contributed by atoms with Gasteiger partial charge in [-0.1, -0.05) is 17.4 Å². The molecule has 0 spiro atoms. The van der Waals surface area contributed by atoms with Gasteiger partial charge < -0.3 is 20.1 Å². The highest BCUT2D eigenvalue weighted by atomic mass is 32.2. The van der Waals surface area contributed by atoms with Crippen molar-refractivity contribution in [2.75, 3.05) is 12.4 Å². The van der Waals surface area contributed by atoms with Gasteiger partial charge in [0.2, 0.25) is 27.7 Å². The SMILES string of the molecule is COc1cc(C2c3sc(=O)[nH]c3SC3C4CC(C5C(=O)N(C(C)C(=O)Nc6ccc(S(N)(=O)=O)cc6)C(=O)C45)C23)ccc1O. The fraction of sp³-hybridized carbons (Fsp3) is 0.379. The zero-order valence-corrected chi connectivity index (χ0v) is 25.9. The molecule has 8 unspecified atom stereocenters. The van der Waals surface area contributed by atoms with Crippen molar-refractivity contribution in [3.63, 3.8) is 0 Å². The molecular formula is C29H28N4O8S3. The van der Waals surface area contributed by atoms with Crippen molar-refractivity contribution in [2.45, 2.75) is 40.5 Å². The number of nitrogens with zero attached hydrogens (tertiary/aromatic N) is 1. The van der Waals surface area contributed by atoms with Crippen LogP contribution in [0.1, 0.15) is 29.7 Å². The van der Waals surface area contributed by atoms with Crippen LogP contribution >= 0.6 is 23.1 Å². The third-order valence-corrected chi connectivity index (χ3v) is 13.1. The Morgan fingerprint density at radius 2 is 1.80 bits per heavy atom. The molecule has 230 valence electrons. The van der Waals surface area contributed by atoms with Crippen molar-refractivity contribution in [2.24, 2.45) is 34.7 Å². The third kappa shape index (κ3) is 4.31. The first-order valence-electron chi connectivity index (χ1n) is 14.0. The van der Waals surface area contributed by atoms with Crippen molar-refractivity contribution in [1.82, 2.24) is 9.88 Å². The number of rotatable bonds is 6. The number of H-pyrrole nitrogens is 1. The molecule has 3 amide bonds. The van der Waals surface area contributed by atoms with Gasteiger partial charge in [-0.15, -0.1) is 11.8 Å². The average molecular weight is 657 g/mol. The van der Waals surface area contributed by atoms with E-state index in [-0.39, 0.29) is 56.3 Å². The highest BCUT2D eigenvalue weighted by molar-refractivity contribution is 8.00. The number of phenols is 1. The second-order valence-electron chi connectivity index (χ2n) is 11.7. The van der Waals surface area contributed by atoms with Gasteiger partial charge in [-0.25, -0.2) is 13.6 Å². The summed E-state index contributed by atoms with van der Waals surface area (Å²) in [7, 11) is -2.44. The van der Waals surface area contributed by atoms with E-state index < -0.39 is 33.8 Å². The Labute approximate surface area is 260 Å². The predicted octanol–water partition coefficient (Wildman–Crippen LogP) is 2.30. The van der Waals surface area contributed by atoms with E-state index in [9.17, 15) is 32.7 Å². The molecule has 2 aliphatic heterocycles. The van der Waals surface area contributed by atoms with Crippen LogP contribution in [0.5, 0.6) is 11.5 Å². The highest BCUT2D eigenvalue weighted by Crippen LogP contribution is 2.68. The number of primary sulfonamides is 1. The maximum atomic E-state index is 14.0. The molecule has 5 N–H and O–H groups in total. The molecule has 1 aromatic heterocycles. The largest absolute Gasteiger partial charge is 0.504 e. The summed E-state index contributed by atoms with van der Waals surface area (Å²) < 4.78 is 28.5. The zero-order valence-electron chi connectivity index (χ0n) is 23.4. The number of benzene rings is 2. The number of thiazole rings is 1. The maximum absolute atomic E-state index is 14.0. The van der Waals surface area contributed by atoms with Gasteiger partial charge in [0.15, 0.2) is 11.5 Å². The summed E-state index contributed by atoms with van der Waals surface area (Å²) in [6.07, 6.45) is 0.685. The lowest BCUT2D eigenvalue weighted by Gasteiger charge is -2.43. The van der Waals surface area contributed by atoms with E-state index in [1.165, 1.54) is 38.3 Å². The van der Waals surface area contributed by atoms with Crippen LogP contribution in [-0.2, 0) is 24.4 Å². The van der Waals surface area contributed by atoms with Crippen molar-refractivity contribution in [1.29, 1.82) is 0 Å². The molecule has 8 atom stereocenters. The number of aromatic nitrogens is 1. The number of aromatic amines is 1. The number of thioether (sulfide) groups is 1. The molecule has 1 saturated heterocycles. The number of phenolic OH excluding ortho intramolecular Hbond substituents is 1. The number of aromatic hydroxyl groups is 1. The van der Waals surface area contributed by atoms with Crippen LogP contribution in [-0.4, -0.2) is 59.5 Å². The molecule has 4 aliphatic rings. The number of fused-ring (bicyclic) bond motifs is 9. The Morgan fingerprint density at radius 3 is 2.45 bits per heavy atom. The molecule has 3 fully saturated rings. The summed E-state index contributed by atoms with van der Waals surface area (Å²) in [4.78, 5) is 58.2. The van der Waals surface area contributed by atoms with Crippen LogP contribution in [0.4, 0.5) is 5.69 Å². The molecule has 7 rings (SSSR count). The van der Waals surface area contributed by atoms with Crippen molar-refractivity contribution in [3.8, 4) is 11.5 Å². The van der Waals surface area contributed by atoms with E-state index >= 15 is 0 Å². The number of sulfonamides is 1. The fourth-order valence-corrected chi connectivity index (χ4v) is 11.2. The van der Waals surface area contributed by atoms with Gasteiger partial charge in [-0.3, -0.25) is 24.1 Å². The van der Waals surface area contributed by atoms with Gasteiger partial charge in [0.25, 0.3) is 0 Å². The van der Waals surface area contributed by atoms with Gasteiger partial charge in [0.1, 0.15) is 6.04 Å². The third-order valence-electron chi connectivity index (χ3n) is 9.54. The second-order valence-corrected chi connectivity index (χ2v) is 15.4. The van der Waals surface area contributed by atoms with E-state index in [0.29, 0.717) is 17.9 Å². The predicted molar refractivity (Wildman–Crippen MR) is 161 cm³/mol. The average Bonchev–Trinajstić information content (AvgIpc) is 3.71. The Balaban J connectivity index is 1.18. The smallest absolute Gasteiger partial charge is 0.305 e. The van der Waals surface area contributed by atoms with Gasteiger partial charge in [-0.2, -0.15) is 0 Å². The Hall–Kier alpha value is -3.66. The molecule has 2 aliphatic carbocycles. The number of likely N-dealkylation sites (tertiary alicyclic amines) is 1.